The second kappa shape index (κ2) is 7.97. The molecule has 0 radical (unpaired) electrons. The van der Waals surface area contributed by atoms with Crippen LogP contribution in [0.3, 0.4) is 0 Å². The molecular formula is C23H19F3N8O. The summed E-state index contributed by atoms with van der Waals surface area (Å²) in [7, 11) is 0. The Morgan fingerprint density at radius 3 is 2.57 bits per heavy atom. The van der Waals surface area contributed by atoms with Crippen LogP contribution in [0.2, 0.25) is 0 Å². The molecule has 4 aromatic rings. The van der Waals surface area contributed by atoms with Gasteiger partial charge in [0.15, 0.2) is 11.3 Å². The monoisotopic (exact) mass is 480 g/mol. The largest absolute Gasteiger partial charge is 0.433 e. The van der Waals surface area contributed by atoms with Crippen molar-refractivity contribution in [3.8, 4) is 6.07 Å². The summed E-state index contributed by atoms with van der Waals surface area (Å²) in [5.41, 5.74) is -1.59. The molecule has 0 aliphatic heterocycles. The minimum atomic E-state index is -4.56. The van der Waals surface area contributed by atoms with E-state index < -0.39 is 28.9 Å². The van der Waals surface area contributed by atoms with E-state index in [0.29, 0.717) is 17.2 Å². The molecule has 4 heterocycles. The summed E-state index contributed by atoms with van der Waals surface area (Å²) in [6.45, 7) is 3.66. The van der Waals surface area contributed by atoms with Gasteiger partial charge in [-0.25, -0.2) is 19.6 Å². The van der Waals surface area contributed by atoms with Crippen LogP contribution in [0.1, 0.15) is 67.2 Å². The van der Waals surface area contributed by atoms with Crippen molar-refractivity contribution in [1.82, 2.24) is 34.7 Å². The second-order valence-corrected chi connectivity index (χ2v) is 8.78. The summed E-state index contributed by atoms with van der Waals surface area (Å²) in [6.07, 6.45) is 1.43. The van der Waals surface area contributed by atoms with Crippen LogP contribution in [0, 0.1) is 11.3 Å². The van der Waals surface area contributed by atoms with Crippen LogP contribution in [0.15, 0.2) is 41.6 Å². The number of nitrogens with zero attached hydrogens (tertiary/aromatic N) is 7. The lowest BCUT2D eigenvalue weighted by atomic mass is 9.60. The van der Waals surface area contributed by atoms with E-state index in [1.165, 1.54) is 10.7 Å². The van der Waals surface area contributed by atoms with Gasteiger partial charge in [0.2, 0.25) is 0 Å². The fourth-order valence-corrected chi connectivity index (χ4v) is 4.54. The molecule has 0 spiro atoms. The third-order valence-corrected chi connectivity index (χ3v) is 6.75. The molecule has 1 saturated carbocycles. The number of alkyl halides is 3. The van der Waals surface area contributed by atoms with Crippen LogP contribution in [0.5, 0.6) is 0 Å². The Morgan fingerprint density at radius 2 is 2.00 bits per heavy atom. The second-order valence-electron chi connectivity index (χ2n) is 8.78. The lowest BCUT2D eigenvalue weighted by Gasteiger charge is -2.45. The number of H-pyrrole nitrogens is 1. The summed E-state index contributed by atoms with van der Waals surface area (Å²) in [5.74, 6) is 1.01. The first-order chi connectivity index (χ1) is 16.6. The number of nitriles is 1. The molecule has 0 bridgehead atoms. The van der Waals surface area contributed by atoms with E-state index in [-0.39, 0.29) is 22.6 Å². The van der Waals surface area contributed by atoms with Crippen molar-refractivity contribution in [1.29, 1.82) is 5.26 Å². The van der Waals surface area contributed by atoms with Gasteiger partial charge in [0.05, 0.1) is 6.04 Å². The van der Waals surface area contributed by atoms with E-state index >= 15 is 0 Å². The van der Waals surface area contributed by atoms with Crippen molar-refractivity contribution in [3.63, 3.8) is 0 Å². The number of halogens is 3. The molecule has 3 atom stereocenters. The van der Waals surface area contributed by atoms with Crippen LogP contribution < -0.4 is 5.56 Å². The van der Waals surface area contributed by atoms with Gasteiger partial charge in [-0.2, -0.15) is 23.5 Å². The average molecular weight is 480 g/mol. The highest BCUT2D eigenvalue weighted by molar-refractivity contribution is 5.80. The minimum Gasteiger partial charge on any atom is -0.309 e. The van der Waals surface area contributed by atoms with Gasteiger partial charge in [-0.15, -0.1) is 0 Å². The zero-order valence-corrected chi connectivity index (χ0v) is 18.7. The first-order valence-electron chi connectivity index (χ1n) is 10.9. The number of pyridine rings is 1. The molecule has 35 heavy (non-hydrogen) atoms. The lowest BCUT2D eigenvalue weighted by Crippen LogP contribution is -2.43. The van der Waals surface area contributed by atoms with Crippen LogP contribution in [-0.4, -0.2) is 34.7 Å². The molecule has 1 aliphatic carbocycles. The molecule has 9 nitrogen and oxygen atoms in total. The SMILES string of the molecule is CC(c1ccc(C(F)(F)F)nc1)n1nc(C#N)c2c(=O)[nH]c([C@@]3(C)CC[C@@H]3c3ncccn3)nc21. The molecule has 5 rings (SSSR count). The van der Waals surface area contributed by atoms with Crippen molar-refractivity contribution in [2.75, 3.05) is 0 Å². The number of aromatic amines is 1. The zero-order valence-electron chi connectivity index (χ0n) is 18.7. The summed E-state index contributed by atoms with van der Waals surface area (Å²) < 4.78 is 40.1. The predicted molar refractivity (Wildman–Crippen MR) is 117 cm³/mol. The fraction of sp³-hybridized carbons (Fsp3) is 0.348. The molecule has 0 amide bonds. The first kappa shape index (κ1) is 22.6. The topological polar surface area (TPSA) is 126 Å². The molecule has 12 heteroatoms. The minimum absolute atomic E-state index is 0.0263. The number of fused-ring (bicyclic) bond motifs is 1. The summed E-state index contributed by atoms with van der Waals surface area (Å²) in [4.78, 5) is 32.8. The number of aromatic nitrogens is 7. The van der Waals surface area contributed by atoms with Gasteiger partial charge in [0.25, 0.3) is 5.56 Å². The van der Waals surface area contributed by atoms with Crippen LogP contribution in [0.25, 0.3) is 11.0 Å². The Hall–Kier alpha value is -4.14. The Labute approximate surface area is 196 Å². The zero-order chi connectivity index (χ0) is 25.0. The number of nitrogens with one attached hydrogen (secondary N) is 1. The molecule has 1 aliphatic rings. The summed E-state index contributed by atoms with van der Waals surface area (Å²) in [5, 5.41) is 13.9. The first-order valence-corrected chi connectivity index (χ1v) is 10.9. The third-order valence-electron chi connectivity index (χ3n) is 6.75. The van der Waals surface area contributed by atoms with Crippen molar-refractivity contribution in [2.24, 2.45) is 0 Å². The highest BCUT2D eigenvalue weighted by Gasteiger charge is 2.48. The van der Waals surface area contributed by atoms with Crippen molar-refractivity contribution in [3.05, 3.63) is 75.7 Å². The predicted octanol–water partition coefficient (Wildman–Crippen LogP) is 3.64. The van der Waals surface area contributed by atoms with Gasteiger partial charge in [-0.1, -0.05) is 13.0 Å². The molecule has 1 N–H and O–H groups in total. The molecule has 4 aromatic heterocycles. The maximum atomic E-state index is 13.1. The van der Waals surface area contributed by atoms with Gasteiger partial charge in [-0.3, -0.25) is 9.78 Å². The fourth-order valence-electron chi connectivity index (χ4n) is 4.54. The quantitative estimate of drug-likeness (QED) is 0.473. The Balaban J connectivity index is 1.61. The van der Waals surface area contributed by atoms with E-state index in [2.05, 4.69) is 25.0 Å². The number of hydrogen-bond donors (Lipinski definition) is 1. The standard InChI is InChI=1S/C23H19F3N8O/c1-12(13-4-5-16(30-11-13)23(24,25)26)34-19-17(15(10-27)33-34)20(35)32-21(31-19)22(2)7-6-14(22)18-28-8-3-9-29-18/h3-5,8-9,11-12,14H,6-7H2,1-2H3,(H,31,32,35)/t12?,14-,22+/m1/s1. The third kappa shape index (κ3) is 3.63. The maximum Gasteiger partial charge on any atom is 0.433 e. The van der Waals surface area contributed by atoms with Gasteiger partial charge in [-0.05, 0) is 37.5 Å². The molecule has 178 valence electrons. The molecule has 0 saturated heterocycles. The van der Waals surface area contributed by atoms with Crippen LogP contribution in [-0.2, 0) is 11.6 Å². The number of rotatable bonds is 4. The van der Waals surface area contributed by atoms with Crippen molar-refractivity contribution >= 4 is 11.0 Å². The molecular weight excluding hydrogens is 461 g/mol. The number of hydrogen-bond acceptors (Lipinski definition) is 7. The average Bonchev–Trinajstić information content (AvgIpc) is 3.22. The van der Waals surface area contributed by atoms with Crippen molar-refractivity contribution in [2.45, 2.75) is 50.2 Å². The molecule has 1 fully saturated rings. The smallest absolute Gasteiger partial charge is 0.309 e. The van der Waals surface area contributed by atoms with E-state index in [4.69, 9.17) is 4.98 Å². The van der Waals surface area contributed by atoms with E-state index in [0.717, 1.165) is 25.1 Å². The van der Waals surface area contributed by atoms with Crippen molar-refractivity contribution < 1.29 is 13.2 Å². The molecule has 0 aromatic carbocycles. The Bertz CT molecular complexity index is 1500. The van der Waals surface area contributed by atoms with Gasteiger partial charge in [0, 0.05) is 29.9 Å². The van der Waals surface area contributed by atoms with E-state index in [1.807, 2.05) is 13.0 Å². The maximum absolute atomic E-state index is 13.1. The van der Waals surface area contributed by atoms with Gasteiger partial charge < -0.3 is 4.98 Å². The summed E-state index contributed by atoms with van der Waals surface area (Å²) >= 11 is 0. The normalized spacial score (nSPS) is 20.9. The molecule has 1 unspecified atom stereocenters. The van der Waals surface area contributed by atoms with E-state index in [1.54, 1.807) is 25.4 Å². The van der Waals surface area contributed by atoms with Gasteiger partial charge >= 0.3 is 6.18 Å². The van der Waals surface area contributed by atoms with Gasteiger partial charge in [0.1, 0.15) is 28.8 Å². The van der Waals surface area contributed by atoms with E-state index in [9.17, 15) is 23.2 Å². The Kier molecular flexibility index (Phi) is 5.16. The highest BCUT2D eigenvalue weighted by atomic mass is 19.4. The highest BCUT2D eigenvalue weighted by Crippen LogP contribution is 2.52. The Morgan fingerprint density at radius 1 is 1.26 bits per heavy atom. The lowest BCUT2D eigenvalue weighted by molar-refractivity contribution is -0.141. The summed E-state index contributed by atoms with van der Waals surface area (Å²) in [6, 6.07) is 5.18. The van der Waals surface area contributed by atoms with Crippen LogP contribution in [0.4, 0.5) is 13.2 Å². The van der Waals surface area contributed by atoms with Crippen LogP contribution >= 0.6 is 0 Å².